The lowest BCUT2D eigenvalue weighted by Crippen LogP contribution is -2.14. The Kier molecular flexibility index (Phi) is 6.04. The molecule has 0 fully saturated rings. The number of rotatable bonds is 7. The van der Waals surface area contributed by atoms with Crippen LogP contribution in [-0.2, 0) is 17.6 Å². The van der Waals surface area contributed by atoms with Crippen LogP contribution in [0.5, 0.6) is 0 Å². The van der Waals surface area contributed by atoms with Crippen LogP contribution in [0.4, 0.5) is 5.00 Å². The van der Waals surface area contributed by atoms with E-state index >= 15 is 0 Å². The monoisotopic (exact) mass is 379 g/mol. The van der Waals surface area contributed by atoms with Gasteiger partial charge in [0, 0.05) is 17.4 Å². The third-order valence-electron chi connectivity index (χ3n) is 4.41. The summed E-state index contributed by atoms with van der Waals surface area (Å²) in [5.74, 6) is -1.22. The van der Waals surface area contributed by atoms with Crippen LogP contribution in [-0.4, -0.2) is 17.0 Å². The summed E-state index contributed by atoms with van der Waals surface area (Å²) in [6.07, 6.45) is 1.85. The van der Waals surface area contributed by atoms with Crippen molar-refractivity contribution in [1.82, 2.24) is 0 Å². The SMILES string of the molecule is CCc1ccc(-c2csc(NC(=O)CCc3ccccc3)c2C(=O)O)cc1. The van der Waals surface area contributed by atoms with Crippen molar-refractivity contribution in [3.05, 3.63) is 76.7 Å². The van der Waals surface area contributed by atoms with E-state index in [9.17, 15) is 14.7 Å². The number of hydrogen-bond acceptors (Lipinski definition) is 3. The van der Waals surface area contributed by atoms with Crippen LogP contribution in [0.1, 0.15) is 34.8 Å². The molecule has 0 saturated heterocycles. The highest BCUT2D eigenvalue weighted by Gasteiger charge is 2.21. The molecule has 2 aromatic carbocycles. The molecule has 5 heteroatoms. The maximum absolute atomic E-state index is 12.3. The first-order valence-corrected chi connectivity index (χ1v) is 9.74. The van der Waals surface area contributed by atoms with Gasteiger partial charge in [0.15, 0.2) is 0 Å². The molecule has 4 nitrogen and oxygen atoms in total. The first kappa shape index (κ1) is 18.9. The average Bonchev–Trinajstić information content (AvgIpc) is 3.11. The van der Waals surface area contributed by atoms with Gasteiger partial charge in [0.2, 0.25) is 5.91 Å². The van der Waals surface area contributed by atoms with Crippen LogP contribution < -0.4 is 5.32 Å². The second-order valence-electron chi connectivity index (χ2n) is 6.24. The molecule has 0 radical (unpaired) electrons. The summed E-state index contributed by atoms with van der Waals surface area (Å²) in [5.41, 5.74) is 3.89. The van der Waals surface area contributed by atoms with Crippen LogP contribution in [0.3, 0.4) is 0 Å². The molecular weight excluding hydrogens is 358 g/mol. The van der Waals surface area contributed by atoms with E-state index in [4.69, 9.17) is 0 Å². The molecule has 2 N–H and O–H groups in total. The largest absolute Gasteiger partial charge is 0.478 e. The van der Waals surface area contributed by atoms with Gasteiger partial charge in [0.1, 0.15) is 10.6 Å². The van der Waals surface area contributed by atoms with E-state index in [1.165, 1.54) is 16.9 Å². The topological polar surface area (TPSA) is 66.4 Å². The average molecular weight is 379 g/mol. The Bertz CT molecular complexity index is 930. The maximum atomic E-state index is 12.3. The minimum Gasteiger partial charge on any atom is -0.478 e. The van der Waals surface area contributed by atoms with E-state index in [0.29, 0.717) is 23.4 Å². The van der Waals surface area contributed by atoms with Crippen LogP contribution in [0.25, 0.3) is 11.1 Å². The lowest BCUT2D eigenvalue weighted by molar-refractivity contribution is -0.116. The van der Waals surface area contributed by atoms with E-state index in [-0.39, 0.29) is 11.5 Å². The fourth-order valence-electron chi connectivity index (χ4n) is 2.89. The van der Waals surface area contributed by atoms with Crippen LogP contribution in [0.2, 0.25) is 0 Å². The molecule has 138 valence electrons. The molecule has 27 heavy (non-hydrogen) atoms. The molecule has 3 rings (SSSR count). The van der Waals surface area contributed by atoms with Crippen molar-refractivity contribution in [2.75, 3.05) is 5.32 Å². The molecule has 0 aliphatic heterocycles. The molecule has 0 aliphatic rings. The number of thiophene rings is 1. The highest BCUT2D eigenvalue weighted by Crippen LogP contribution is 2.36. The van der Waals surface area contributed by atoms with E-state index < -0.39 is 5.97 Å². The van der Waals surface area contributed by atoms with Crippen molar-refractivity contribution >= 4 is 28.2 Å². The molecule has 1 heterocycles. The Morgan fingerprint density at radius 3 is 2.33 bits per heavy atom. The molecule has 0 spiro atoms. The second-order valence-corrected chi connectivity index (χ2v) is 7.12. The van der Waals surface area contributed by atoms with Gasteiger partial charge in [-0.25, -0.2) is 4.79 Å². The van der Waals surface area contributed by atoms with E-state index in [1.54, 1.807) is 5.38 Å². The van der Waals surface area contributed by atoms with Crippen molar-refractivity contribution in [2.24, 2.45) is 0 Å². The summed E-state index contributed by atoms with van der Waals surface area (Å²) < 4.78 is 0. The smallest absolute Gasteiger partial charge is 0.339 e. The zero-order chi connectivity index (χ0) is 19.2. The number of carboxylic acid groups (broad SMARTS) is 1. The molecule has 3 aromatic rings. The molecular formula is C22H21NO3S. The zero-order valence-corrected chi connectivity index (χ0v) is 15.9. The first-order valence-electron chi connectivity index (χ1n) is 8.86. The summed E-state index contributed by atoms with van der Waals surface area (Å²) in [7, 11) is 0. The Balaban J connectivity index is 1.76. The number of carbonyl (C=O) groups excluding carboxylic acids is 1. The van der Waals surface area contributed by atoms with Crippen molar-refractivity contribution in [2.45, 2.75) is 26.2 Å². The Morgan fingerprint density at radius 1 is 1.00 bits per heavy atom. The van der Waals surface area contributed by atoms with Crippen molar-refractivity contribution in [3.63, 3.8) is 0 Å². The second kappa shape index (κ2) is 8.64. The van der Waals surface area contributed by atoms with E-state index in [1.807, 2.05) is 54.6 Å². The van der Waals surface area contributed by atoms with Gasteiger partial charge in [-0.05, 0) is 29.5 Å². The molecule has 1 aromatic heterocycles. The van der Waals surface area contributed by atoms with Crippen molar-refractivity contribution < 1.29 is 14.7 Å². The van der Waals surface area contributed by atoms with Gasteiger partial charge in [-0.15, -0.1) is 11.3 Å². The van der Waals surface area contributed by atoms with Crippen molar-refractivity contribution in [1.29, 1.82) is 0 Å². The number of aromatic carboxylic acids is 1. The third kappa shape index (κ3) is 4.63. The number of amides is 1. The van der Waals surface area contributed by atoms with E-state index in [0.717, 1.165) is 17.5 Å². The Hall–Kier alpha value is -2.92. The molecule has 1 amide bonds. The Morgan fingerprint density at radius 2 is 1.70 bits per heavy atom. The van der Waals surface area contributed by atoms with Gasteiger partial charge in [0.05, 0.1) is 0 Å². The minimum absolute atomic E-state index is 0.150. The number of nitrogens with one attached hydrogen (secondary N) is 1. The summed E-state index contributed by atoms with van der Waals surface area (Å²) in [4.78, 5) is 24.1. The van der Waals surface area contributed by atoms with Gasteiger partial charge in [-0.1, -0.05) is 61.5 Å². The molecule has 0 unspecified atom stereocenters. The zero-order valence-electron chi connectivity index (χ0n) is 15.1. The lowest BCUT2D eigenvalue weighted by atomic mass is 10.0. The summed E-state index contributed by atoms with van der Waals surface area (Å²) in [6, 6.07) is 17.6. The minimum atomic E-state index is -1.04. The fraction of sp³-hybridized carbons (Fsp3) is 0.182. The summed E-state index contributed by atoms with van der Waals surface area (Å²) in [5, 5.41) is 14.6. The van der Waals surface area contributed by atoms with Gasteiger partial charge < -0.3 is 10.4 Å². The first-order chi connectivity index (χ1) is 13.1. The number of benzene rings is 2. The fourth-order valence-corrected chi connectivity index (χ4v) is 3.86. The lowest BCUT2D eigenvalue weighted by Gasteiger charge is -2.07. The summed E-state index contributed by atoms with van der Waals surface area (Å²) >= 11 is 1.25. The summed E-state index contributed by atoms with van der Waals surface area (Å²) in [6.45, 7) is 2.07. The predicted octanol–water partition coefficient (Wildman–Crippen LogP) is 5.25. The predicted molar refractivity (Wildman–Crippen MR) is 109 cm³/mol. The normalized spacial score (nSPS) is 10.6. The number of anilines is 1. The third-order valence-corrected chi connectivity index (χ3v) is 5.31. The van der Waals surface area contributed by atoms with Crippen LogP contribution in [0, 0.1) is 0 Å². The van der Waals surface area contributed by atoms with Gasteiger partial charge in [-0.3, -0.25) is 4.79 Å². The highest BCUT2D eigenvalue weighted by atomic mass is 32.1. The van der Waals surface area contributed by atoms with Crippen molar-refractivity contribution in [3.8, 4) is 11.1 Å². The Labute approximate surface area is 162 Å². The molecule has 0 atom stereocenters. The number of hydrogen-bond donors (Lipinski definition) is 2. The van der Waals surface area contributed by atoms with Gasteiger partial charge >= 0.3 is 5.97 Å². The molecule has 0 saturated carbocycles. The molecule has 0 aliphatic carbocycles. The standard InChI is InChI=1S/C22H21NO3S/c1-2-15-8-11-17(12-9-15)18-14-27-21(20(18)22(25)26)23-19(24)13-10-16-6-4-3-5-7-16/h3-9,11-12,14H,2,10,13H2,1H3,(H,23,24)(H,25,26). The van der Waals surface area contributed by atoms with E-state index in [2.05, 4.69) is 12.2 Å². The van der Waals surface area contributed by atoms with Crippen LogP contribution >= 0.6 is 11.3 Å². The quantitative estimate of drug-likeness (QED) is 0.589. The van der Waals surface area contributed by atoms with Gasteiger partial charge in [0.25, 0.3) is 0 Å². The number of aryl methyl sites for hydroxylation is 2. The van der Waals surface area contributed by atoms with Crippen LogP contribution in [0.15, 0.2) is 60.0 Å². The highest BCUT2D eigenvalue weighted by molar-refractivity contribution is 7.15. The molecule has 0 bridgehead atoms. The number of carbonyl (C=O) groups is 2. The maximum Gasteiger partial charge on any atom is 0.339 e. The number of carboxylic acids is 1. The van der Waals surface area contributed by atoms with Gasteiger partial charge in [-0.2, -0.15) is 0 Å².